The summed E-state index contributed by atoms with van der Waals surface area (Å²) in [6, 6.07) is 0. The minimum absolute atomic E-state index is 0.0502. The van der Waals surface area contributed by atoms with Crippen LogP contribution in [0, 0.1) is 39.9 Å². The van der Waals surface area contributed by atoms with E-state index in [1.165, 1.54) is 103 Å². The lowest BCUT2D eigenvalue weighted by molar-refractivity contribution is 0.00578. The average molecular weight is 587 g/mol. The zero-order valence-electron chi connectivity index (χ0n) is 31.0. The molecule has 0 amide bonds. The first-order chi connectivity index (χ1) is 19.3. The van der Waals surface area contributed by atoms with Gasteiger partial charge in [-0.15, -0.1) is 0 Å². The highest BCUT2D eigenvalue weighted by Gasteiger charge is 2.58. The standard InChI is InChI=1S/C39H75BO2/c1-14-20-36(11)23-24-37(12,26-28-38(13,27-25-36)40-41-34(7,8)35(9,10)42-40)29-32(6)39(31(4)5)21-16-15-18-33(30(2)3)19-17-22-39/h30-33H,14-29H2,1-13H3. The molecule has 1 heterocycles. The number of rotatable bonds is 8. The third-order valence-corrected chi connectivity index (χ3v) is 14.2. The summed E-state index contributed by atoms with van der Waals surface area (Å²) < 4.78 is 13.6. The van der Waals surface area contributed by atoms with Gasteiger partial charge in [0.2, 0.25) is 0 Å². The molecule has 2 saturated carbocycles. The Hall–Kier alpha value is -0.0151. The van der Waals surface area contributed by atoms with Crippen LogP contribution in [0.3, 0.4) is 0 Å². The second-order valence-electron chi connectivity index (χ2n) is 18.7. The predicted molar refractivity (Wildman–Crippen MR) is 185 cm³/mol. The van der Waals surface area contributed by atoms with Crippen molar-refractivity contribution in [3.63, 3.8) is 0 Å². The minimum atomic E-state index is -0.265. The molecule has 3 aliphatic rings. The van der Waals surface area contributed by atoms with E-state index in [1.54, 1.807) is 0 Å². The molecule has 6 atom stereocenters. The van der Waals surface area contributed by atoms with Gasteiger partial charge in [0, 0.05) is 5.31 Å². The summed E-state index contributed by atoms with van der Waals surface area (Å²) in [4.78, 5) is 0. The first-order valence-corrected chi connectivity index (χ1v) is 18.7. The van der Waals surface area contributed by atoms with Gasteiger partial charge >= 0.3 is 7.12 Å². The molecule has 2 aliphatic carbocycles. The zero-order valence-corrected chi connectivity index (χ0v) is 31.0. The van der Waals surface area contributed by atoms with Crippen LogP contribution in [0.2, 0.25) is 5.31 Å². The van der Waals surface area contributed by atoms with E-state index in [4.69, 9.17) is 9.31 Å². The molecule has 0 N–H and O–H groups in total. The van der Waals surface area contributed by atoms with E-state index in [9.17, 15) is 0 Å². The molecule has 246 valence electrons. The van der Waals surface area contributed by atoms with Crippen LogP contribution >= 0.6 is 0 Å². The van der Waals surface area contributed by atoms with E-state index in [2.05, 4.69) is 90.0 Å². The van der Waals surface area contributed by atoms with Crippen molar-refractivity contribution in [2.75, 3.05) is 0 Å². The predicted octanol–water partition coefficient (Wildman–Crippen LogP) is 12.7. The lowest BCUT2D eigenvalue weighted by atomic mass is 9.52. The van der Waals surface area contributed by atoms with Crippen molar-refractivity contribution in [3.8, 4) is 0 Å². The second-order valence-corrected chi connectivity index (χ2v) is 18.7. The topological polar surface area (TPSA) is 18.5 Å². The monoisotopic (exact) mass is 587 g/mol. The van der Waals surface area contributed by atoms with Crippen LogP contribution in [-0.4, -0.2) is 18.3 Å². The van der Waals surface area contributed by atoms with Crippen molar-refractivity contribution in [1.82, 2.24) is 0 Å². The zero-order chi connectivity index (χ0) is 31.6. The Balaban J connectivity index is 1.88. The van der Waals surface area contributed by atoms with E-state index < -0.39 is 0 Å². The Morgan fingerprint density at radius 2 is 1.14 bits per heavy atom. The molecule has 0 bridgehead atoms. The van der Waals surface area contributed by atoms with Gasteiger partial charge in [-0.25, -0.2) is 0 Å². The fraction of sp³-hybridized carbons (Fsp3) is 1.00. The third kappa shape index (κ3) is 8.22. The molecule has 2 nitrogen and oxygen atoms in total. The quantitative estimate of drug-likeness (QED) is 0.263. The minimum Gasteiger partial charge on any atom is -0.403 e. The van der Waals surface area contributed by atoms with Gasteiger partial charge in [-0.3, -0.25) is 0 Å². The molecule has 0 spiro atoms. The van der Waals surface area contributed by atoms with Crippen LogP contribution in [0.5, 0.6) is 0 Å². The first kappa shape index (κ1) is 36.5. The lowest BCUT2D eigenvalue weighted by Crippen LogP contribution is -2.41. The van der Waals surface area contributed by atoms with E-state index >= 15 is 0 Å². The maximum Gasteiger partial charge on any atom is 0.464 e. The van der Waals surface area contributed by atoms with Crippen LogP contribution in [-0.2, 0) is 9.31 Å². The first-order valence-electron chi connectivity index (χ1n) is 18.7. The molecule has 42 heavy (non-hydrogen) atoms. The molecule has 0 aromatic heterocycles. The maximum absolute atomic E-state index is 6.80. The van der Waals surface area contributed by atoms with Gasteiger partial charge in [-0.2, -0.15) is 0 Å². The maximum atomic E-state index is 6.80. The Kier molecular flexibility index (Phi) is 12.0. The van der Waals surface area contributed by atoms with Crippen molar-refractivity contribution in [2.45, 2.75) is 209 Å². The Labute approximate surface area is 265 Å². The highest BCUT2D eigenvalue weighted by molar-refractivity contribution is 6.49. The molecule has 1 saturated heterocycles. The molecular formula is C39H75BO2. The van der Waals surface area contributed by atoms with Gasteiger partial charge in [0.05, 0.1) is 11.2 Å². The molecule has 1 aliphatic heterocycles. The second kappa shape index (κ2) is 13.8. The molecule has 6 unspecified atom stereocenters. The number of hydrogen-bond acceptors (Lipinski definition) is 2. The van der Waals surface area contributed by atoms with Crippen molar-refractivity contribution in [1.29, 1.82) is 0 Å². The molecule has 0 aromatic carbocycles. The summed E-state index contributed by atoms with van der Waals surface area (Å²) in [6.45, 7) is 31.8. The summed E-state index contributed by atoms with van der Waals surface area (Å²) in [6.07, 6.45) is 21.8. The molecule has 3 rings (SSSR count). The largest absolute Gasteiger partial charge is 0.464 e. The van der Waals surface area contributed by atoms with Gasteiger partial charge < -0.3 is 9.31 Å². The van der Waals surface area contributed by atoms with Gasteiger partial charge in [0.25, 0.3) is 0 Å². The average Bonchev–Trinajstić information content (AvgIpc) is 3.20. The Morgan fingerprint density at radius 3 is 1.69 bits per heavy atom. The van der Waals surface area contributed by atoms with Crippen molar-refractivity contribution in [2.24, 2.45) is 39.9 Å². The SMILES string of the molecule is CCCC1(C)CCC(C)(CC(C)C2(C(C)C)CCCCC(C(C)C)CCC2)CCC(C)(B2OC(C)(C)C(C)(C)O2)CC1. The molecule has 0 radical (unpaired) electrons. The van der Waals surface area contributed by atoms with Crippen LogP contribution in [0.4, 0.5) is 0 Å². The highest BCUT2D eigenvalue weighted by atomic mass is 16.7. The molecule has 0 aromatic rings. The van der Waals surface area contributed by atoms with Crippen molar-refractivity contribution >= 4 is 7.12 Å². The van der Waals surface area contributed by atoms with Gasteiger partial charge in [-0.05, 0) is 132 Å². The van der Waals surface area contributed by atoms with Crippen LogP contribution in [0.25, 0.3) is 0 Å². The summed E-state index contributed by atoms with van der Waals surface area (Å²) in [5, 5.41) is 0.0502. The molecular weight excluding hydrogens is 511 g/mol. The molecule has 3 fully saturated rings. The fourth-order valence-electron chi connectivity index (χ4n) is 9.65. The molecule has 3 heteroatoms. The van der Waals surface area contributed by atoms with E-state index in [-0.39, 0.29) is 23.6 Å². The van der Waals surface area contributed by atoms with Crippen molar-refractivity contribution in [3.05, 3.63) is 0 Å². The highest BCUT2D eigenvalue weighted by Crippen LogP contribution is 2.58. The van der Waals surface area contributed by atoms with Gasteiger partial charge in [0.15, 0.2) is 0 Å². The van der Waals surface area contributed by atoms with Gasteiger partial charge in [-0.1, -0.05) is 101 Å². The van der Waals surface area contributed by atoms with E-state index in [1.807, 2.05) is 0 Å². The lowest BCUT2D eigenvalue weighted by Gasteiger charge is -2.47. The summed E-state index contributed by atoms with van der Waals surface area (Å²) >= 11 is 0. The summed E-state index contributed by atoms with van der Waals surface area (Å²) in [7, 11) is -0.113. The smallest absolute Gasteiger partial charge is 0.403 e. The fourth-order valence-corrected chi connectivity index (χ4v) is 9.65. The van der Waals surface area contributed by atoms with Crippen molar-refractivity contribution < 1.29 is 9.31 Å². The van der Waals surface area contributed by atoms with Gasteiger partial charge in [0.1, 0.15) is 0 Å². The normalized spacial score (nSPS) is 39.2. The van der Waals surface area contributed by atoms with E-state index in [0.717, 1.165) is 23.7 Å². The summed E-state index contributed by atoms with van der Waals surface area (Å²) in [5.41, 5.74) is 0.727. The van der Waals surface area contributed by atoms with Crippen LogP contribution in [0.1, 0.15) is 193 Å². The van der Waals surface area contributed by atoms with Crippen LogP contribution in [0.15, 0.2) is 0 Å². The summed E-state index contributed by atoms with van der Waals surface area (Å²) in [5.74, 6) is 3.28. The number of hydrogen-bond donors (Lipinski definition) is 0. The third-order valence-electron chi connectivity index (χ3n) is 14.2. The Morgan fingerprint density at radius 1 is 0.643 bits per heavy atom. The van der Waals surface area contributed by atoms with Crippen LogP contribution < -0.4 is 0 Å². The Bertz CT molecular complexity index is 833. The van der Waals surface area contributed by atoms with E-state index in [0.29, 0.717) is 16.2 Å².